The van der Waals surface area contributed by atoms with Gasteiger partial charge < -0.3 is 4.42 Å². The molecule has 1 heterocycles. The Hall–Kier alpha value is -1.71. The average Bonchev–Trinajstić information content (AvgIpc) is 2.86. The van der Waals surface area contributed by atoms with Gasteiger partial charge in [0, 0.05) is 20.8 Å². The Labute approximate surface area is 159 Å². The molecule has 0 spiro atoms. The van der Waals surface area contributed by atoms with Crippen LogP contribution < -0.4 is 5.76 Å². The molecule has 5 nitrogen and oxygen atoms in total. The summed E-state index contributed by atoms with van der Waals surface area (Å²) in [5.41, 5.74) is 1.11. The van der Waals surface area contributed by atoms with Crippen molar-refractivity contribution in [1.29, 1.82) is 0 Å². The lowest BCUT2D eigenvalue weighted by molar-refractivity contribution is 0.504. The van der Waals surface area contributed by atoms with Crippen LogP contribution in [-0.4, -0.2) is 19.2 Å². The van der Waals surface area contributed by atoms with E-state index in [1.54, 1.807) is 18.2 Å². The highest BCUT2D eigenvalue weighted by Gasteiger charge is 2.18. The Kier molecular flexibility index (Phi) is 4.74. The molecule has 130 valence electrons. The molecule has 3 aromatic rings. The van der Waals surface area contributed by atoms with Crippen molar-refractivity contribution >= 4 is 41.7 Å². The first kappa shape index (κ1) is 18.1. The van der Waals surface area contributed by atoms with E-state index in [-0.39, 0.29) is 0 Å². The molecular weight excluding hydrogens is 481 g/mol. The van der Waals surface area contributed by atoms with Gasteiger partial charge >= 0.3 is 5.76 Å². The summed E-state index contributed by atoms with van der Waals surface area (Å²) in [5.74, 6) is -1.54. The van der Waals surface area contributed by atoms with Crippen LogP contribution in [0.1, 0.15) is 0 Å². The van der Waals surface area contributed by atoms with Crippen LogP contribution in [0.25, 0.3) is 16.9 Å². The molecule has 1 aromatic heterocycles. The van der Waals surface area contributed by atoms with Gasteiger partial charge in [-0.25, -0.2) is 22.2 Å². The third-order valence-corrected chi connectivity index (χ3v) is 5.47. The van der Waals surface area contributed by atoms with Gasteiger partial charge in [0.25, 0.3) is 0 Å². The average molecular weight is 491 g/mol. The third-order valence-electron chi connectivity index (χ3n) is 3.43. The maximum absolute atomic E-state index is 14.2. The number of benzene rings is 2. The molecule has 0 saturated heterocycles. The highest BCUT2D eigenvalue weighted by molar-refractivity contribution is 9.11. The molecule has 9 heteroatoms. The highest BCUT2D eigenvalue weighted by atomic mass is 79.9. The normalized spacial score (nSPS) is 11.7. The first-order valence-electron chi connectivity index (χ1n) is 6.84. The summed E-state index contributed by atoms with van der Waals surface area (Å²) in [5, 5.41) is 0. The lowest BCUT2D eigenvalue weighted by Crippen LogP contribution is -2.13. The van der Waals surface area contributed by atoms with Crippen molar-refractivity contribution in [3.63, 3.8) is 0 Å². The zero-order valence-corrected chi connectivity index (χ0v) is 16.7. The van der Waals surface area contributed by atoms with Crippen LogP contribution in [0.2, 0.25) is 0 Å². The molecule has 25 heavy (non-hydrogen) atoms. The van der Waals surface area contributed by atoms with Gasteiger partial charge in [-0.15, -0.1) is 0 Å². The Bertz CT molecular complexity index is 1120. The van der Waals surface area contributed by atoms with Gasteiger partial charge in [-0.2, -0.15) is 0 Å². The van der Waals surface area contributed by atoms with E-state index in [0.29, 0.717) is 16.9 Å². The van der Waals surface area contributed by atoms with Gasteiger partial charge in [0.15, 0.2) is 9.84 Å². The highest BCUT2D eigenvalue weighted by Crippen LogP contribution is 2.28. The standard InChI is InChI=1S/C16H10Br2FNO4S/c1-25(22,23)15-3-2-9(4-13(15)19)14-8-24-16(21)20(14)12-6-10(17)5-11(18)7-12/h2-8H,1H3. The predicted molar refractivity (Wildman–Crippen MR) is 98.2 cm³/mol. The maximum Gasteiger partial charge on any atom is 0.424 e. The van der Waals surface area contributed by atoms with Crippen LogP contribution in [0.3, 0.4) is 0 Å². The van der Waals surface area contributed by atoms with Gasteiger partial charge in [0.2, 0.25) is 0 Å². The van der Waals surface area contributed by atoms with E-state index in [1.165, 1.54) is 23.0 Å². The van der Waals surface area contributed by atoms with Crippen molar-refractivity contribution in [1.82, 2.24) is 4.57 Å². The number of nitrogens with zero attached hydrogens (tertiary/aromatic N) is 1. The summed E-state index contributed by atoms with van der Waals surface area (Å²) in [4.78, 5) is 11.7. The van der Waals surface area contributed by atoms with Crippen LogP contribution in [0.4, 0.5) is 4.39 Å². The topological polar surface area (TPSA) is 69.3 Å². The molecule has 0 aliphatic heterocycles. The Balaban J connectivity index is 2.21. The molecule has 0 radical (unpaired) electrons. The third kappa shape index (κ3) is 3.63. The van der Waals surface area contributed by atoms with Crippen molar-refractivity contribution in [2.24, 2.45) is 0 Å². The van der Waals surface area contributed by atoms with E-state index in [2.05, 4.69) is 31.9 Å². The van der Waals surface area contributed by atoms with Crippen LogP contribution in [-0.2, 0) is 9.84 Å². The zero-order chi connectivity index (χ0) is 18.4. The van der Waals surface area contributed by atoms with E-state index in [4.69, 9.17) is 4.42 Å². The number of aromatic nitrogens is 1. The van der Waals surface area contributed by atoms with Crippen molar-refractivity contribution in [3.05, 3.63) is 68.0 Å². The molecule has 0 N–H and O–H groups in total. The summed E-state index contributed by atoms with van der Waals surface area (Å²) in [6, 6.07) is 8.85. The van der Waals surface area contributed by atoms with E-state index >= 15 is 0 Å². The molecule has 0 saturated carbocycles. The van der Waals surface area contributed by atoms with Gasteiger partial charge in [0.05, 0.1) is 11.4 Å². The van der Waals surface area contributed by atoms with Crippen molar-refractivity contribution in [3.8, 4) is 16.9 Å². The molecule has 0 unspecified atom stereocenters. The smallest absolute Gasteiger partial charge is 0.415 e. The number of halogens is 3. The van der Waals surface area contributed by atoms with Crippen molar-refractivity contribution in [2.75, 3.05) is 6.26 Å². The molecule has 0 atom stereocenters. The van der Waals surface area contributed by atoms with Crippen LogP contribution in [0.15, 0.2) is 65.7 Å². The van der Waals surface area contributed by atoms with E-state index < -0.39 is 26.3 Å². The largest absolute Gasteiger partial charge is 0.424 e. The lowest BCUT2D eigenvalue weighted by atomic mass is 10.1. The number of sulfone groups is 1. The van der Waals surface area contributed by atoms with Gasteiger partial charge in [-0.1, -0.05) is 37.9 Å². The lowest BCUT2D eigenvalue weighted by Gasteiger charge is -2.09. The molecule has 0 aliphatic carbocycles. The fourth-order valence-corrected chi connectivity index (χ4v) is 4.38. The fourth-order valence-electron chi connectivity index (χ4n) is 2.38. The Morgan fingerprint density at radius 2 is 1.72 bits per heavy atom. The molecule has 0 aliphatic rings. The van der Waals surface area contributed by atoms with Gasteiger partial charge in [0.1, 0.15) is 17.0 Å². The minimum absolute atomic E-state index is 0.300. The fraction of sp³-hybridized carbons (Fsp3) is 0.0625. The number of oxazole rings is 1. The molecule has 0 amide bonds. The summed E-state index contributed by atoms with van der Waals surface area (Å²) in [7, 11) is -3.68. The monoisotopic (exact) mass is 489 g/mol. The SMILES string of the molecule is CS(=O)(=O)c1ccc(-c2coc(=O)n2-c2cc(Br)cc(Br)c2)cc1F. The maximum atomic E-state index is 14.2. The first-order chi connectivity index (χ1) is 11.7. The second-order valence-electron chi connectivity index (χ2n) is 5.27. The molecule has 2 aromatic carbocycles. The summed E-state index contributed by atoms with van der Waals surface area (Å²) in [6.07, 6.45) is 2.13. The zero-order valence-electron chi connectivity index (χ0n) is 12.7. The Morgan fingerprint density at radius 1 is 1.08 bits per heavy atom. The number of hydrogen-bond acceptors (Lipinski definition) is 4. The van der Waals surface area contributed by atoms with E-state index in [1.807, 2.05) is 0 Å². The predicted octanol–water partition coefficient (Wildman–Crippen LogP) is 4.17. The van der Waals surface area contributed by atoms with Crippen LogP contribution in [0, 0.1) is 5.82 Å². The van der Waals surface area contributed by atoms with Crippen molar-refractivity contribution in [2.45, 2.75) is 4.90 Å². The first-order valence-corrected chi connectivity index (χ1v) is 10.3. The summed E-state index contributed by atoms with van der Waals surface area (Å²) in [6.45, 7) is 0. The number of rotatable bonds is 3. The molecule has 3 rings (SSSR count). The van der Waals surface area contributed by atoms with Gasteiger partial charge in [-0.3, -0.25) is 0 Å². The second-order valence-corrected chi connectivity index (χ2v) is 9.08. The molecule has 0 bridgehead atoms. The minimum Gasteiger partial charge on any atom is -0.415 e. The number of hydrogen-bond donors (Lipinski definition) is 0. The molecule has 0 fully saturated rings. The second kappa shape index (κ2) is 6.54. The van der Waals surface area contributed by atoms with Crippen molar-refractivity contribution < 1.29 is 17.2 Å². The van der Waals surface area contributed by atoms with Crippen LogP contribution >= 0.6 is 31.9 Å². The van der Waals surface area contributed by atoms with Gasteiger partial charge in [-0.05, 0) is 30.3 Å². The molecular formula is C16H10Br2FNO4S. The van der Waals surface area contributed by atoms with E-state index in [9.17, 15) is 17.6 Å². The minimum atomic E-state index is -3.68. The Morgan fingerprint density at radius 3 is 2.28 bits per heavy atom. The summed E-state index contributed by atoms with van der Waals surface area (Å²) < 4.78 is 45.0. The quantitative estimate of drug-likeness (QED) is 0.552. The van der Waals surface area contributed by atoms with E-state index in [0.717, 1.165) is 21.3 Å². The van der Waals surface area contributed by atoms with Crippen LogP contribution in [0.5, 0.6) is 0 Å². The summed E-state index contributed by atoms with van der Waals surface area (Å²) >= 11 is 6.69.